The topological polar surface area (TPSA) is 61.7 Å². The van der Waals surface area contributed by atoms with Gasteiger partial charge in [0.25, 0.3) is 0 Å². The van der Waals surface area contributed by atoms with Crippen LogP contribution in [0.4, 0.5) is 10.2 Å². The molecule has 4 aliphatic rings. The van der Waals surface area contributed by atoms with E-state index in [2.05, 4.69) is 9.80 Å². The summed E-state index contributed by atoms with van der Waals surface area (Å²) in [7, 11) is 0. The van der Waals surface area contributed by atoms with E-state index in [0.717, 1.165) is 54.5 Å². The maximum atomic E-state index is 14.5. The highest BCUT2D eigenvalue weighted by Crippen LogP contribution is 2.44. The molecule has 6 nitrogen and oxygen atoms in total. The van der Waals surface area contributed by atoms with Crippen molar-refractivity contribution in [2.24, 2.45) is 11.8 Å². The molecule has 0 spiro atoms. The molecule has 1 N–H and O–H groups in total. The number of hydrogen-bond acceptors (Lipinski definition) is 6. The highest BCUT2D eigenvalue weighted by molar-refractivity contribution is 6.38. The SMILES string of the molecule is Oc1cc(-c2nc3cc(OC[C@@]45CCCN4C[C@H](F)C5)nc(N4CC5CCC(C5)C4)c3cc2Cl)c2c(Cl)cccc2c1. The normalized spacial score (nSPS) is 27.3. The molecule has 3 saturated heterocycles. The monoisotopic (exact) mass is 606 g/mol. The molecule has 3 aliphatic heterocycles. The first-order chi connectivity index (χ1) is 20.3. The molecule has 2 unspecified atom stereocenters. The zero-order valence-corrected chi connectivity index (χ0v) is 24.8. The molecule has 1 saturated carbocycles. The van der Waals surface area contributed by atoms with Gasteiger partial charge in [-0.3, -0.25) is 4.90 Å². The maximum Gasteiger partial charge on any atom is 0.217 e. The van der Waals surface area contributed by atoms with E-state index in [1.807, 2.05) is 30.3 Å². The van der Waals surface area contributed by atoms with Crippen LogP contribution in [0.15, 0.2) is 42.5 Å². The molecule has 42 heavy (non-hydrogen) atoms. The van der Waals surface area contributed by atoms with E-state index in [-0.39, 0.29) is 11.3 Å². The summed E-state index contributed by atoms with van der Waals surface area (Å²) in [4.78, 5) is 14.8. The van der Waals surface area contributed by atoms with Gasteiger partial charge in [0.05, 0.1) is 21.8 Å². The number of nitrogens with zero attached hydrogens (tertiary/aromatic N) is 4. The Morgan fingerprint density at radius 1 is 1.02 bits per heavy atom. The number of halogens is 3. The third kappa shape index (κ3) is 4.47. The average molecular weight is 608 g/mol. The van der Waals surface area contributed by atoms with E-state index in [1.54, 1.807) is 12.1 Å². The number of piperidine rings is 1. The molecule has 5 heterocycles. The Balaban J connectivity index is 1.25. The van der Waals surface area contributed by atoms with E-state index in [4.69, 9.17) is 37.9 Å². The fourth-order valence-electron chi connectivity index (χ4n) is 8.20. The molecule has 8 rings (SSSR count). The van der Waals surface area contributed by atoms with Crippen molar-refractivity contribution in [1.82, 2.24) is 14.9 Å². The summed E-state index contributed by atoms with van der Waals surface area (Å²) < 4.78 is 20.9. The molecular formula is C33H33Cl2FN4O2. The molecule has 0 radical (unpaired) electrons. The van der Waals surface area contributed by atoms with Crippen molar-refractivity contribution in [3.05, 3.63) is 52.5 Å². The number of anilines is 1. The van der Waals surface area contributed by atoms with E-state index < -0.39 is 6.17 Å². The van der Waals surface area contributed by atoms with Gasteiger partial charge >= 0.3 is 0 Å². The minimum atomic E-state index is -0.812. The van der Waals surface area contributed by atoms with Crippen molar-refractivity contribution in [1.29, 1.82) is 0 Å². The van der Waals surface area contributed by atoms with E-state index in [1.165, 1.54) is 19.3 Å². The standard InChI is InChI=1S/C33H33Cl2FN4O2/c34-26-4-1-3-21-10-23(41)11-25(30(21)26)31-27(35)12-24-28(37-31)13-29(38-32(24)39-15-19-5-6-20(9-19)16-39)42-18-33-7-2-8-40(33)17-22(36)14-33/h1,3-4,10-13,19-20,22,41H,2,5-9,14-18H2/t19?,20?,22-,33+/m1/s1. The van der Waals surface area contributed by atoms with Crippen LogP contribution in [0.3, 0.4) is 0 Å². The summed E-state index contributed by atoms with van der Waals surface area (Å²) in [5.41, 5.74) is 1.65. The van der Waals surface area contributed by atoms with Gasteiger partial charge in [-0.15, -0.1) is 0 Å². The van der Waals surface area contributed by atoms with Crippen molar-refractivity contribution in [3.63, 3.8) is 0 Å². The van der Waals surface area contributed by atoms with Gasteiger partial charge in [-0.2, -0.15) is 4.98 Å². The van der Waals surface area contributed by atoms with Gasteiger partial charge in [0.15, 0.2) is 0 Å². The third-order valence-electron chi connectivity index (χ3n) is 10.0. The Bertz CT molecular complexity index is 1710. The van der Waals surface area contributed by atoms with Gasteiger partial charge in [0.1, 0.15) is 24.3 Å². The predicted octanol–water partition coefficient (Wildman–Crippen LogP) is 7.65. The van der Waals surface area contributed by atoms with Crippen LogP contribution in [0.5, 0.6) is 11.6 Å². The predicted molar refractivity (Wildman–Crippen MR) is 166 cm³/mol. The molecule has 2 aromatic heterocycles. The Labute approximate surface area is 254 Å². The number of phenolic OH excluding ortho intramolecular Hbond substituents is 1. The van der Waals surface area contributed by atoms with Crippen LogP contribution in [0.1, 0.15) is 38.5 Å². The minimum absolute atomic E-state index is 0.115. The van der Waals surface area contributed by atoms with E-state index in [0.29, 0.717) is 64.1 Å². The number of rotatable bonds is 5. The first-order valence-corrected chi connectivity index (χ1v) is 15.8. The Hall–Kier alpha value is -2.87. The summed E-state index contributed by atoms with van der Waals surface area (Å²) in [5, 5.41) is 14.1. The number of aromatic hydroxyl groups is 1. The molecular weight excluding hydrogens is 574 g/mol. The second-order valence-corrected chi connectivity index (χ2v) is 13.6. The van der Waals surface area contributed by atoms with Crippen LogP contribution < -0.4 is 9.64 Å². The quantitative estimate of drug-likeness (QED) is 0.252. The lowest BCUT2D eigenvalue weighted by Gasteiger charge is -2.34. The number of ether oxygens (including phenoxy) is 1. The highest BCUT2D eigenvalue weighted by atomic mass is 35.5. The number of pyridine rings is 2. The Morgan fingerprint density at radius 2 is 1.86 bits per heavy atom. The van der Waals surface area contributed by atoms with Crippen LogP contribution in [0.2, 0.25) is 10.0 Å². The smallest absolute Gasteiger partial charge is 0.217 e. The summed E-state index contributed by atoms with van der Waals surface area (Å²) in [6.07, 6.45) is 5.49. The van der Waals surface area contributed by atoms with Gasteiger partial charge in [-0.1, -0.05) is 35.3 Å². The molecule has 1 aliphatic carbocycles. The van der Waals surface area contributed by atoms with Gasteiger partial charge < -0.3 is 14.7 Å². The van der Waals surface area contributed by atoms with Crippen molar-refractivity contribution < 1.29 is 14.2 Å². The van der Waals surface area contributed by atoms with Gasteiger partial charge in [-0.25, -0.2) is 9.37 Å². The Morgan fingerprint density at radius 3 is 2.69 bits per heavy atom. The second kappa shape index (κ2) is 10.1. The summed E-state index contributed by atoms with van der Waals surface area (Å²) in [6.45, 7) is 3.72. The molecule has 218 valence electrons. The van der Waals surface area contributed by atoms with Crippen LogP contribution in [-0.4, -0.2) is 64.5 Å². The number of fused-ring (bicyclic) bond motifs is 5. The minimum Gasteiger partial charge on any atom is -0.508 e. The molecule has 2 aromatic carbocycles. The van der Waals surface area contributed by atoms with Crippen LogP contribution in [0, 0.1) is 11.8 Å². The number of hydrogen-bond donors (Lipinski definition) is 1. The van der Waals surface area contributed by atoms with E-state index in [9.17, 15) is 9.50 Å². The first kappa shape index (κ1) is 26.7. The highest BCUT2D eigenvalue weighted by Gasteiger charge is 2.49. The zero-order valence-electron chi connectivity index (χ0n) is 23.3. The lowest BCUT2D eigenvalue weighted by atomic mass is 9.95. The largest absolute Gasteiger partial charge is 0.508 e. The van der Waals surface area contributed by atoms with Crippen molar-refractivity contribution in [2.45, 2.75) is 50.2 Å². The fourth-order valence-corrected chi connectivity index (χ4v) is 8.74. The molecule has 2 bridgehead atoms. The van der Waals surface area contributed by atoms with Crippen molar-refractivity contribution in [3.8, 4) is 22.9 Å². The second-order valence-electron chi connectivity index (χ2n) is 12.8. The fraction of sp³-hybridized carbons (Fsp3) is 0.455. The maximum absolute atomic E-state index is 14.5. The third-order valence-corrected chi connectivity index (χ3v) is 10.6. The van der Waals surface area contributed by atoms with Gasteiger partial charge in [0, 0.05) is 53.5 Å². The molecule has 0 amide bonds. The number of alkyl halides is 1. The summed E-state index contributed by atoms with van der Waals surface area (Å²) in [6, 6.07) is 12.8. The Kier molecular flexibility index (Phi) is 6.43. The summed E-state index contributed by atoms with van der Waals surface area (Å²) in [5.74, 6) is 2.79. The lowest BCUT2D eigenvalue weighted by Crippen LogP contribution is -2.43. The zero-order chi connectivity index (χ0) is 28.6. The van der Waals surface area contributed by atoms with Gasteiger partial charge in [0.2, 0.25) is 5.88 Å². The number of aromatic nitrogens is 2. The first-order valence-electron chi connectivity index (χ1n) is 15.0. The molecule has 4 fully saturated rings. The van der Waals surface area contributed by atoms with Gasteiger partial charge in [-0.05, 0) is 80.1 Å². The van der Waals surface area contributed by atoms with Crippen molar-refractivity contribution >= 4 is 50.7 Å². The molecule has 4 aromatic rings. The van der Waals surface area contributed by atoms with Crippen LogP contribution in [0.25, 0.3) is 32.9 Å². The number of benzene rings is 2. The lowest BCUT2D eigenvalue weighted by molar-refractivity contribution is 0.111. The molecule has 9 heteroatoms. The molecule has 4 atom stereocenters. The summed E-state index contributed by atoms with van der Waals surface area (Å²) >= 11 is 13.6. The van der Waals surface area contributed by atoms with Crippen LogP contribution >= 0.6 is 23.2 Å². The number of phenols is 1. The average Bonchev–Trinajstić information content (AvgIpc) is 3.61. The van der Waals surface area contributed by atoms with E-state index >= 15 is 0 Å². The van der Waals surface area contributed by atoms with Crippen LogP contribution in [-0.2, 0) is 0 Å². The van der Waals surface area contributed by atoms with Crippen molar-refractivity contribution in [2.75, 3.05) is 37.7 Å².